The number of thiocarbonyl (C=S) groups is 1. The second kappa shape index (κ2) is 16.1. The Balaban J connectivity index is 0.00000116. The molecule has 1 aromatic carbocycles. The molecule has 0 atom stereocenters. The fraction of sp³-hybridized carbons (Fsp3) is 0.300. The van der Waals surface area contributed by atoms with Crippen LogP contribution in [0.2, 0.25) is 5.02 Å². The van der Waals surface area contributed by atoms with Crippen molar-refractivity contribution in [3.8, 4) is 0 Å². The number of carbonyl (C=O) groups is 1. The van der Waals surface area contributed by atoms with E-state index < -0.39 is 0 Å². The third-order valence-corrected chi connectivity index (χ3v) is 4.63. The average molecular weight is 479 g/mol. The third kappa shape index (κ3) is 11.1. The van der Waals surface area contributed by atoms with E-state index in [1.54, 1.807) is 5.54 Å². The highest BCUT2D eigenvalue weighted by Gasteiger charge is 2.18. The van der Waals surface area contributed by atoms with Crippen molar-refractivity contribution in [2.75, 3.05) is 31.1 Å². The van der Waals surface area contributed by atoms with E-state index in [4.69, 9.17) is 44.7 Å². The van der Waals surface area contributed by atoms with Crippen molar-refractivity contribution < 1.29 is 9.90 Å². The molecule has 0 spiro atoms. The minimum Gasteiger partial charge on any atom is -0.483 e. The Labute approximate surface area is 193 Å². The Hall–Kier alpha value is -1.73. The van der Waals surface area contributed by atoms with Crippen LogP contribution in [0.25, 0.3) is 0 Å². The van der Waals surface area contributed by atoms with Crippen molar-refractivity contribution in [2.24, 2.45) is 5.73 Å². The number of rotatable bonds is 4. The van der Waals surface area contributed by atoms with Crippen molar-refractivity contribution in [1.82, 2.24) is 4.90 Å². The standard InChI is InChI=1S/C18H21Cl3N2.CH3NS.CH2O2/c1-14-6-7-16(12-18(14)21)22-8-10-23(11-9-22)17(13-19)5-3-4-15(2)20;2*2-1-3/h3-7,12-13H,8-11H2,1-2H3;1H,(H2,2,3);1H,(H,2,3)/b5-3-,15-4+,17-13-;;. The van der Waals surface area contributed by atoms with Crippen LogP contribution in [0.3, 0.4) is 0 Å². The highest BCUT2D eigenvalue weighted by molar-refractivity contribution is 7.78. The highest BCUT2D eigenvalue weighted by atomic mass is 35.5. The summed E-state index contributed by atoms with van der Waals surface area (Å²) in [6.07, 6.45) is 5.76. The predicted octanol–water partition coefficient (Wildman–Crippen LogP) is 5.15. The third-order valence-electron chi connectivity index (χ3n) is 3.87. The van der Waals surface area contributed by atoms with Crippen LogP contribution in [-0.4, -0.2) is 48.1 Å². The van der Waals surface area contributed by atoms with E-state index in [9.17, 15) is 0 Å². The summed E-state index contributed by atoms with van der Waals surface area (Å²) in [5, 5.41) is 8.45. The smallest absolute Gasteiger partial charge is 0.290 e. The minimum absolute atomic E-state index is 0.250. The van der Waals surface area contributed by atoms with Gasteiger partial charge in [0, 0.05) is 53.2 Å². The van der Waals surface area contributed by atoms with E-state index in [-0.39, 0.29) is 6.47 Å². The summed E-state index contributed by atoms with van der Waals surface area (Å²) in [4.78, 5) is 13.0. The summed E-state index contributed by atoms with van der Waals surface area (Å²) in [6, 6.07) is 6.24. The summed E-state index contributed by atoms with van der Waals surface area (Å²) in [5.74, 6) is 0. The van der Waals surface area contributed by atoms with Gasteiger partial charge in [-0.1, -0.05) is 59.2 Å². The predicted molar refractivity (Wildman–Crippen MR) is 129 cm³/mol. The molecule has 1 heterocycles. The number of piperazine rings is 1. The van der Waals surface area contributed by atoms with Crippen LogP contribution < -0.4 is 10.6 Å². The molecule has 0 amide bonds. The first-order chi connectivity index (χ1) is 13.8. The van der Waals surface area contributed by atoms with Gasteiger partial charge in [-0.25, -0.2) is 0 Å². The summed E-state index contributed by atoms with van der Waals surface area (Å²) >= 11 is 22.1. The van der Waals surface area contributed by atoms with Crippen molar-refractivity contribution in [2.45, 2.75) is 13.8 Å². The molecular weight excluding hydrogens is 453 g/mol. The van der Waals surface area contributed by atoms with E-state index in [0.29, 0.717) is 0 Å². The number of halogens is 3. The fourth-order valence-corrected chi connectivity index (χ4v) is 2.95. The Morgan fingerprint density at radius 3 is 2.28 bits per heavy atom. The van der Waals surface area contributed by atoms with Gasteiger partial charge in [0.2, 0.25) is 0 Å². The second-order valence-electron chi connectivity index (χ2n) is 5.80. The fourth-order valence-electron chi connectivity index (χ4n) is 2.49. The molecule has 0 bridgehead atoms. The average Bonchev–Trinajstić information content (AvgIpc) is 2.69. The largest absolute Gasteiger partial charge is 0.483 e. The van der Waals surface area contributed by atoms with Gasteiger partial charge in [-0.2, -0.15) is 0 Å². The molecule has 1 saturated heterocycles. The molecule has 1 aliphatic heterocycles. The van der Waals surface area contributed by atoms with Gasteiger partial charge in [0.15, 0.2) is 0 Å². The molecule has 9 heteroatoms. The number of anilines is 1. The van der Waals surface area contributed by atoms with Gasteiger partial charge >= 0.3 is 0 Å². The van der Waals surface area contributed by atoms with Crippen LogP contribution in [-0.2, 0) is 4.79 Å². The van der Waals surface area contributed by atoms with Gasteiger partial charge in [-0.15, -0.1) is 0 Å². The van der Waals surface area contributed by atoms with Gasteiger partial charge in [0.1, 0.15) is 0 Å². The molecule has 0 aliphatic carbocycles. The summed E-state index contributed by atoms with van der Waals surface area (Å²) in [5.41, 5.74) is 10.5. The maximum Gasteiger partial charge on any atom is 0.290 e. The number of aryl methyl sites for hydroxylation is 1. The maximum atomic E-state index is 8.36. The van der Waals surface area contributed by atoms with Gasteiger partial charge in [0.25, 0.3) is 6.47 Å². The molecule has 2 rings (SSSR count). The normalized spacial score (nSPS) is 14.5. The van der Waals surface area contributed by atoms with E-state index in [2.05, 4.69) is 39.9 Å². The lowest BCUT2D eigenvalue weighted by atomic mass is 10.2. The van der Waals surface area contributed by atoms with Crippen LogP contribution in [0, 0.1) is 6.92 Å². The zero-order valence-electron chi connectivity index (χ0n) is 16.4. The maximum absolute atomic E-state index is 8.36. The summed E-state index contributed by atoms with van der Waals surface area (Å²) < 4.78 is 0. The highest BCUT2D eigenvalue weighted by Crippen LogP contribution is 2.24. The Morgan fingerprint density at radius 1 is 1.28 bits per heavy atom. The molecule has 160 valence electrons. The van der Waals surface area contributed by atoms with Crippen molar-refractivity contribution in [3.05, 3.63) is 63.3 Å². The SMILES string of the molecule is C\C(Cl)=C/C=C\C(=C\Cl)N1CCN(c2ccc(C)c(Cl)c2)CC1.NC=S.O=CO. The van der Waals surface area contributed by atoms with E-state index in [1.165, 1.54) is 5.69 Å². The summed E-state index contributed by atoms with van der Waals surface area (Å²) in [7, 11) is 0. The van der Waals surface area contributed by atoms with E-state index in [0.717, 1.165) is 53.0 Å². The lowest BCUT2D eigenvalue weighted by Gasteiger charge is -2.37. The van der Waals surface area contributed by atoms with E-state index in [1.807, 2.05) is 38.1 Å². The van der Waals surface area contributed by atoms with Gasteiger partial charge in [-0.3, -0.25) is 4.79 Å². The zero-order chi connectivity index (χ0) is 22.2. The number of carboxylic acid groups (broad SMARTS) is 1. The van der Waals surface area contributed by atoms with Gasteiger partial charge in [-0.05, 0) is 43.7 Å². The number of benzene rings is 1. The Kier molecular flexibility index (Phi) is 15.1. The Bertz CT molecular complexity index is 722. The first kappa shape index (κ1) is 27.3. The van der Waals surface area contributed by atoms with Crippen LogP contribution in [0.15, 0.2) is 52.7 Å². The van der Waals surface area contributed by atoms with Gasteiger partial charge < -0.3 is 20.6 Å². The molecule has 5 nitrogen and oxygen atoms in total. The van der Waals surface area contributed by atoms with Gasteiger partial charge in [0.05, 0.1) is 5.49 Å². The number of hydrogen-bond donors (Lipinski definition) is 2. The molecule has 1 aromatic rings. The molecule has 29 heavy (non-hydrogen) atoms. The molecule has 3 N–H and O–H groups in total. The molecule has 0 saturated carbocycles. The number of nitrogens with two attached hydrogens (primary N) is 1. The summed E-state index contributed by atoms with van der Waals surface area (Å²) in [6.45, 7) is 7.32. The molecule has 1 aliphatic rings. The zero-order valence-corrected chi connectivity index (χ0v) is 19.5. The number of nitrogens with zero attached hydrogens (tertiary/aromatic N) is 2. The first-order valence-corrected chi connectivity index (χ1v) is 10.3. The molecule has 0 unspecified atom stereocenters. The van der Waals surface area contributed by atoms with Crippen molar-refractivity contribution in [3.63, 3.8) is 0 Å². The molecule has 0 radical (unpaired) electrons. The monoisotopic (exact) mass is 477 g/mol. The van der Waals surface area contributed by atoms with Crippen LogP contribution >= 0.6 is 47.0 Å². The lowest BCUT2D eigenvalue weighted by molar-refractivity contribution is -0.122. The van der Waals surface area contributed by atoms with Crippen LogP contribution in [0.1, 0.15) is 12.5 Å². The number of allylic oxidation sites excluding steroid dienone is 4. The quantitative estimate of drug-likeness (QED) is 0.354. The Morgan fingerprint density at radius 2 is 1.83 bits per heavy atom. The van der Waals surface area contributed by atoms with Crippen molar-refractivity contribution >= 4 is 64.7 Å². The topological polar surface area (TPSA) is 69.8 Å². The van der Waals surface area contributed by atoms with E-state index >= 15 is 0 Å². The molecular formula is C20H26Cl3N3O2S. The molecule has 1 fully saturated rings. The second-order valence-corrected chi connectivity index (χ2v) is 7.29. The lowest BCUT2D eigenvalue weighted by Crippen LogP contribution is -2.45. The van der Waals surface area contributed by atoms with Crippen molar-refractivity contribution in [1.29, 1.82) is 0 Å². The first-order valence-electron chi connectivity index (χ1n) is 8.64. The number of hydrogen-bond acceptors (Lipinski definition) is 4. The van der Waals surface area contributed by atoms with Crippen LogP contribution in [0.5, 0.6) is 0 Å². The van der Waals surface area contributed by atoms with Crippen LogP contribution in [0.4, 0.5) is 5.69 Å². The minimum atomic E-state index is -0.250. The molecule has 0 aromatic heterocycles.